The summed E-state index contributed by atoms with van der Waals surface area (Å²) in [5.41, 5.74) is 4.28. The first-order valence-corrected chi connectivity index (χ1v) is 10.9. The molecule has 1 amide bonds. The number of amides is 1. The summed E-state index contributed by atoms with van der Waals surface area (Å²) in [7, 11) is 0. The van der Waals surface area contributed by atoms with Crippen LogP contribution in [0.4, 0.5) is 5.69 Å². The van der Waals surface area contributed by atoms with Gasteiger partial charge in [0, 0.05) is 5.69 Å². The van der Waals surface area contributed by atoms with Crippen LogP contribution in [0.15, 0.2) is 66.2 Å². The number of aryl methyl sites for hydroxylation is 2. The lowest BCUT2D eigenvalue weighted by atomic mass is 10.1. The van der Waals surface area contributed by atoms with Crippen molar-refractivity contribution in [3.8, 4) is 17.6 Å². The van der Waals surface area contributed by atoms with Crippen molar-refractivity contribution in [3.05, 3.63) is 93.5 Å². The van der Waals surface area contributed by atoms with E-state index in [1.54, 1.807) is 18.2 Å². The topological polar surface area (TPSA) is 71.3 Å². The molecular weight excluding hydrogens is 436 g/mol. The highest BCUT2D eigenvalue weighted by Gasteiger charge is 2.15. The van der Waals surface area contributed by atoms with Crippen LogP contribution >= 0.6 is 11.6 Å². The van der Waals surface area contributed by atoms with Gasteiger partial charge < -0.3 is 14.8 Å². The zero-order chi connectivity index (χ0) is 23.8. The normalized spacial score (nSPS) is 10.9. The summed E-state index contributed by atoms with van der Waals surface area (Å²) in [6.07, 6.45) is 1.48. The van der Waals surface area contributed by atoms with E-state index in [9.17, 15) is 10.1 Å². The summed E-state index contributed by atoms with van der Waals surface area (Å²) in [5, 5.41) is 12.6. The van der Waals surface area contributed by atoms with Crippen LogP contribution in [0.1, 0.15) is 29.2 Å². The van der Waals surface area contributed by atoms with Crippen molar-refractivity contribution in [1.29, 1.82) is 5.26 Å². The lowest BCUT2D eigenvalue weighted by molar-refractivity contribution is -0.112. The van der Waals surface area contributed by atoms with Gasteiger partial charge in [-0.2, -0.15) is 5.26 Å². The molecule has 0 saturated carbocycles. The molecule has 1 N–H and O–H groups in total. The number of carbonyl (C=O) groups excluding carboxylic acids is 1. The summed E-state index contributed by atoms with van der Waals surface area (Å²) in [4.78, 5) is 12.6. The monoisotopic (exact) mass is 460 g/mol. The molecule has 33 heavy (non-hydrogen) atoms. The Hall–Kier alpha value is -3.75. The van der Waals surface area contributed by atoms with Gasteiger partial charge in [-0.05, 0) is 67.8 Å². The van der Waals surface area contributed by atoms with Crippen molar-refractivity contribution in [2.75, 3.05) is 11.9 Å². The summed E-state index contributed by atoms with van der Waals surface area (Å²) in [6.45, 7) is 6.54. The molecule has 0 aromatic heterocycles. The summed E-state index contributed by atoms with van der Waals surface area (Å²) < 4.78 is 11.7. The molecule has 0 bridgehead atoms. The van der Waals surface area contributed by atoms with E-state index < -0.39 is 5.91 Å². The highest BCUT2D eigenvalue weighted by Crippen LogP contribution is 2.38. The second-order valence-corrected chi connectivity index (χ2v) is 7.94. The standard InChI is InChI=1S/C27H25ClN2O3/c1-4-32-25-15-21(13-22(16-29)27(31)30-23-10-6-8-19(3)12-23)14-24(28)26(25)33-17-20-9-5-7-18(2)11-20/h5-15H,4,17H2,1-3H3,(H,30,31)/b22-13+. The molecule has 3 aromatic carbocycles. The molecule has 0 aliphatic heterocycles. The first-order chi connectivity index (χ1) is 15.9. The largest absolute Gasteiger partial charge is 0.490 e. The quantitative estimate of drug-likeness (QED) is 0.308. The molecule has 0 fully saturated rings. The molecule has 3 aromatic rings. The first kappa shape index (κ1) is 23.9. The first-order valence-electron chi connectivity index (χ1n) is 10.5. The van der Waals surface area contributed by atoms with Crippen molar-refractivity contribution < 1.29 is 14.3 Å². The van der Waals surface area contributed by atoms with Crippen LogP contribution in [-0.2, 0) is 11.4 Å². The van der Waals surface area contributed by atoms with E-state index in [0.717, 1.165) is 16.7 Å². The fourth-order valence-corrected chi connectivity index (χ4v) is 3.54. The van der Waals surface area contributed by atoms with E-state index in [-0.39, 0.29) is 5.57 Å². The van der Waals surface area contributed by atoms with E-state index in [0.29, 0.717) is 41.0 Å². The van der Waals surface area contributed by atoms with Gasteiger partial charge in [-0.1, -0.05) is 53.6 Å². The van der Waals surface area contributed by atoms with Gasteiger partial charge in [0.15, 0.2) is 11.5 Å². The average Bonchev–Trinajstić information content (AvgIpc) is 2.77. The number of nitriles is 1. The molecule has 5 nitrogen and oxygen atoms in total. The molecule has 3 rings (SSSR count). The Morgan fingerprint density at radius 2 is 1.79 bits per heavy atom. The predicted octanol–water partition coefficient (Wildman–Crippen LogP) is 6.48. The van der Waals surface area contributed by atoms with Crippen LogP contribution in [0.25, 0.3) is 6.08 Å². The van der Waals surface area contributed by atoms with Gasteiger partial charge >= 0.3 is 0 Å². The number of nitrogens with zero attached hydrogens (tertiary/aromatic N) is 1. The number of rotatable bonds is 8. The Balaban J connectivity index is 1.85. The van der Waals surface area contributed by atoms with Gasteiger partial charge in [-0.3, -0.25) is 4.79 Å². The maximum atomic E-state index is 12.6. The van der Waals surface area contributed by atoms with Gasteiger partial charge in [0.05, 0.1) is 11.6 Å². The van der Waals surface area contributed by atoms with Crippen molar-refractivity contribution >= 4 is 29.3 Å². The number of ether oxygens (including phenoxy) is 2. The maximum Gasteiger partial charge on any atom is 0.266 e. The van der Waals surface area contributed by atoms with E-state index >= 15 is 0 Å². The highest BCUT2D eigenvalue weighted by molar-refractivity contribution is 6.32. The molecule has 0 spiro atoms. The van der Waals surface area contributed by atoms with Crippen LogP contribution in [0, 0.1) is 25.2 Å². The number of hydrogen-bond donors (Lipinski definition) is 1. The number of carbonyl (C=O) groups is 1. The van der Waals surface area contributed by atoms with Crippen LogP contribution in [0.2, 0.25) is 5.02 Å². The van der Waals surface area contributed by atoms with E-state index in [1.807, 2.05) is 69.3 Å². The third-order valence-corrected chi connectivity index (χ3v) is 5.03. The van der Waals surface area contributed by atoms with Crippen molar-refractivity contribution in [2.24, 2.45) is 0 Å². The lowest BCUT2D eigenvalue weighted by Gasteiger charge is -2.15. The summed E-state index contributed by atoms with van der Waals surface area (Å²) in [5.74, 6) is 0.358. The van der Waals surface area contributed by atoms with Crippen LogP contribution in [-0.4, -0.2) is 12.5 Å². The lowest BCUT2D eigenvalue weighted by Crippen LogP contribution is -2.13. The second kappa shape index (κ2) is 11.2. The Bertz CT molecular complexity index is 1230. The molecule has 0 saturated heterocycles. The second-order valence-electron chi connectivity index (χ2n) is 7.53. The summed E-state index contributed by atoms with van der Waals surface area (Å²) in [6, 6.07) is 20.7. The summed E-state index contributed by atoms with van der Waals surface area (Å²) >= 11 is 6.50. The zero-order valence-electron chi connectivity index (χ0n) is 18.8. The Labute approximate surface area is 199 Å². The maximum absolute atomic E-state index is 12.6. The number of nitrogens with one attached hydrogen (secondary N) is 1. The van der Waals surface area contributed by atoms with E-state index in [2.05, 4.69) is 5.32 Å². The van der Waals surface area contributed by atoms with Crippen molar-refractivity contribution in [3.63, 3.8) is 0 Å². The molecular formula is C27H25ClN2O3. The minimum atomic E-state index is -0.503. The number of hydrogen-bond acceptors (Lipinski definition) is 4. The molecule has 0 aliphatic carbocycles. The number of halogens is 1. The average molecular weight is 461 g/mol. The van der Waals surface area contributed by atoms with Crippen molar-refractivity contribution in [1.82, 2.24) is 0 Å². The molecule has 168 valence electrons. The van der Waals surface area contributed by atoms with E-state index in [1.165, 1.54) is 6.08 Å². The molecule has 0 heterocycles. The third kappa shape index (κ3) is 6.61. The predicted molar refractivity (Wildman–Crippen MR) is 132 cm³/mol. The van der Waals surface area contributed by atoms with Gasteiger partial charge in [0.2, 0.25) is 0 Å². The third-order valence-electron chi connectivity index (χ3n) is 4.75. The molecule has 0 aliphatic rings. The van der Waals surface area contributed by atoms with Gasteiger partial charge in [0.1, 0.15) is 18.2 Å². The number of anilines is 1. The van der Waals surface area contributed by atoms with Gasteiger partial charge in [-0.25, -0.2) is 0 Å². The molecule has 0 unspecified atom stereocenters. The van der Waals surface area contributed by atoms with Gasteiger partial charge in [0.25, 0.3) is 5.91 Å². The SMILES string of the molecule is CCOc1cc(/C=C(\C#N)C(=O)Nc2cccc(C)c2)cc(Cl)c1OCc1cccc(C)c1. The fourth-order valence-electron chi connectivity index (χ4n) is 3.27. The smallest absolute Gasteiger partial charge is 0.266 e. The Morgan fingerprint density at radius 3 is 2.45 bits per heavy atom. The fraction of sp³-hybridized carbons (Fsp3) is 0.185. The van der Waals surface area contributed by atoms with Crippen LogP contribution < -0.4 is 14.8 Å². The number of benzene rings is 3. The molecule has 0 atom stereocenters. The minimum absolute atomic E-state index is 0.0524. The van der Waals surface area contributed by atoms with Crippen LogP contribution in [0.3, 0.4) is 0 Å². The molecule has 6 heteroatoms. The van der Waals surface area contributed by atoms with Crippen molar-refractivity contribution in [2.45, 2.75) is 27.4 Å². The minimum Gasteiger partial charge on any atom is -0.490 e. The zero-order valence-corrected chi connectivity index (χ0v) is 19.6. The Morgan fingerprint density at radius 1 is 1.06 bits per heavy atom. The van der Waals surface area contributed by atoms with E-state index in [4.69, 9.17) is 21.1 Å². The Kier molecular flexibility index (Phi) is 8.12. The molecule has 0 radical (unpaired) electrons. The van der Waals surface area contributed by atoms with Gasteiger partial charge in [-0.15, -0.1) is 0 Å². The highest BCUT2D eigenvalue weighted by atomic mass is 35.5. The van der Waals surface area contributed by atoms with Crippen LogP contribution in [0.5, 0.6) is 11.5 Å².